The van der Waals surface area contributed by atoms with Crippen molar-refractivity contribution in [3.63, 3.8) is 0 Å². The number of piperidine rings is 1. The summed E-state index contributed by atoms with van der Waals surface area (Å²) in [5.41, 5.74) is 2.53. The predicted molar refractivity (Wildman–Crippen MR) is 152 cm³/mol. The number of aromatic nitrogens is 1. The van der Waals surface area contributed by atoms with Crippen LogP contribution in [0, 0.1) is 24.7 Å². The zero-order valence-electron chi connectivity index (χ0n) is 22.9. The summed E-state index contributed by atoms with van der Waals surface area (Å²) < 4.78 is 0. The van der Waals surface area contributed by atoms with Crippen molar-refractivity contribution in [1.82, 2.24) is 19.7 Å². The number of benzene rings is 1. The van der Waals surface area contributed by atoms with E-state index >= 15 is 0 Å². The first-order chi connectivity index (χ1) is 18.8. The number of hydrogen-bond donors (Lipinski definition) is 0. The van der Waals surface area contributed by atoms with Crippen molar-refractivity contribution in [1.29, 1.82) is 0 Å². The Bertz CT molecular complexity index is 1190. The van der Waals surface area contributed by atoms with Gasteiger partial charge in [-0.25, -0.2) is 0 Å². The van der Waals surface area contributed by atoms with Crippen LogP contribution in [0.25, 0.3) is 0 Å². The van der Waals surface area contributed by atoms with E-state index in [1.54, 1.807) is 31.5 Å². The molecule has 208 valence electrons. The molecule has 0 N–H and O–H groups in total. The van der Waals surface area contributed by atoms with Crippen molar-refractivity contribution in [2.75, 3.05) is 57.3 Å². The number of amides is 3. The molecule has 5 rings (SSSR count). The van der Waals surface area contributed by atoms with Crippen molar-refractivity contribution in [3.05, 3.63) is 58.9 Å². The van der Waals surface area contributed by atoms with E-state index in [0.29, 0.717) is 54.9 Å². The van der Waals surface area contributed by atoms with Gasteiger partial charge in [-0.15, -0.1) is 0 Å². The highest BCUT2D eigenvalue weighted by molar-refractivity contribution is 6.31. The van der Waals surface area contributed by atoms with Crippen LogP contribution in [0.15, 0.2) is 42.7 Å². The van der Waals surface area contributed by atoms with Crippen molar-refractivity contribution in [3.8, 4) is 0 Å². The van der Waals surface area contributed by atoms with Gasteiger partial charge in [0.25, 0.3) is 5.91 Å². The van der Waals surface area contributed by atoms with Gasteiger partial charge in [-0.05, 0) is 74.4 Å². The zero-order chi connectivity index (χ0) is 27.5. The van der Waals surface area contributed by atoms with Gasteiger partial charge in [0, 0.05) is 87.3 Å². The Balaban J connectivity index is 1.16. The number of carbonyl (C=O) groups excluding carboxylic acids is 3. The number of halogens is 1. The Morgan fingerprint density at radius 3 is 2.26 bits per heavy atom. The summed E-state index contributed by atoms with van der Waals surface area (Å²) in [5.74, 6) is 1.20. The molecule has 3 aliphatic heterocycles. The van der Waals surface area contributed by atoms with Crippen molar-refractivity contribution < 1.29 is 14.4 Å². The van der Waals surface area contributed by atoms with Crippen molar-refractivity contribution in [2.45, 2.75) is 33.1 Å². The summed E-state index contributed by atoms with van der Waals surface area (Å²) >= 11 is 6.45. The molecular weight excluding hydrogens is 514 g/mol. The van der Waals surface area contributed by atoms with Crippen LogP contribution in [0.4, 0.5) is 5.69 Å². The first-order valence-corrected chi connectivity index (χ1v) is 14.4. The second-order valence-electron chi connectivity index (χ2n) is 11.3. The number of nitrogens with zero attached hydrogens (tertiary/aromatic N) is 5. The second-order valence-corrected chi connectivity index (χ2v) is 11.7. The van der Waals surface area contributed by atoms with E-state index in [1.807, 2.05) is 39.8 Å². The van der Waals surface area contributed by atoms with Crippen LogP contribution in [0.5, 0.6) is 0 Å². The normalized spacial score (nSPS) is 21.7. The predicted octanol–water partition coefficient (Wildman–Crippen LogP) is 3.73. The van der Waals surface area contributed by atoms with E-state index in [9.17, 15) is 14.4 Å². The number of aryl methyl sites for hydroxylation is 1. The van der Waals surface area contributed by atoms with Crippen LogP contribution < -0.4 is 4.90 Å². The third kappa shape index (κ3) is 6.28. The summed E-state index contributed by atoms with van der Waals surface area (Å²) in [6, 6.07) is 9.41. The fourth-order valence-corrected chi connectivity index (χ4v) is 6.52. The van der Waals surface area contributed by atoms with Gasteiger partial charge in [0.1, 0.15) is 0 Å². The number of likely N-dealkylation sites (tertiary alicyclic amines) is 3. The zero-order valence-corrected chi connectivity index (χ0v) is 23.6. The highest BCUT2D eigenvalue weighted by atomic mass is 35.5. The van der Waals surface area contributed by atoms with Crippen molar-refractivity contribution >= 4 is 35.0 Å². The fourth-order valence-electron chi connectivity index (χ4n) is 6.35. The third-order valence-corrected chi connectivity index (χ3v) is 9.06. The summed E-state index contributed by atoms with van der Waals surface area (Å²) in [6.07, 6.45) is 5.58. The molecule has 3 amide bonds. The SMILES string of the molecule is CC(=O)N1CCC(C(=O)N(CCCN2CC3CN(C(=O)c4ccncc4)CC3C2)c2ccc(C)c(Cl)c2)CC1. The molecule has 0 bridgehead atoms. The molecule has 0 saturated carbocycles. The average molecular weight is 552 g/mol. The van der Waals surface area contributed by atoms with E-state index in [-0.39, 0.29) is 23.6 Å². The molecule has 9 heteroatoms. The van der Waals surface area contributed by atoms with Gasteiger partial charge in [-0.2, -0.15) is 0 Å². The monoisotopic (exact) mass is 551 g/mol. The maximum Gasteiger partial charge on any atom is 0.253 e. The lowest BCUT2D eigenvalue weighted by Gasteiger charge is -2.34. The smallest absolute Gasteiger partial charge is 0.253 e. The highest BCUT2D eigenvalue weighted by Gasteiger charge is 2.41. The van der Waals surface area contributed by atoms with Crippen LogP contribution in [0.2, 0.25) is 5.02 Å². The Labute approximate surface area is 235 Å². The molecule has 0 spiro atoms. The minimum Gasteiger partial charge on any atom is -0.343 e. The maximum atomic E-state index is 13.7. The average Bonchev–Trinajstić information content (AvgIpc) is 3.52. The van der Waals surface area contributed by atoms with Gasteiger partial charge in [0.05, 0.1) is 0 Å². The van der Waals surface area contributed by atoms with E-state index < -0.39 is 0 Å². The molecule has 2 aromatic rings. The van der Waals surface area contributed by atoms with E-state index in [2.05, 4.69) is 9.88 Å². The Morgan fingerprint density at radius 2 is 1.64 bits per heavy atom. The highest BCUT2D eigenvalue weighted by Crippen LogP contribution is 2.32. The van der Waals surface area contributed by atoms with Crippen LogP contribution in [0.3, 0.4) is 0 Å². The van der Waals surface area contributed by atoms with Gasteiger partial charge in [-0.3, -0.25) is 19.4 Å². The molecule has 1 aromatic carbocycles. The number of hydrogen-bond acceptors (Lipinski definition) is 5. The standard InChI is InChI=1S/C30H38ClN5O3/c1-21-4-5-27(16-28(21)31)36(30(39)24-8-14-34(15-9-24)22(2)37)13-3-12-33-17-25-19-35(20-26(25)18-33)29(38)23-6-10-32-11-7-23/h4-7,10-11,16,24-26H,3,8-9,12-15,17-20H2,1-2H3. The Morgan fingerprint density at radius 1 is 0.974 bits per heavy atom. The van der Waals surface area contributed by atoms with Crippen LogP contribution in [-0.4, -0.2) is 89.8 Å². The maximum absolute atomic E-state index is 13.7. The Kier molecular flexibility index (Phi) is 8.52. The minimum absolute atomic E-state index is 0.0725. The quantitative estimate of drug-likeness (QED) is 0.524. The van der Waals surface area contributed by atoms with Gasteiger partial charge < -0.3 is 19.6 Å². The number of fused-ring (bicyclic) bond motifs is 1. The van der Waals surface area contributed by atoms with E-state index in [4.69, 9.17) is 11.6 Å². The molecule has 3 saturated heterocycles. The summed E-state index contributed by atoms with van der Waals surface area (Å²) in [6.45, 7) is 9.92. The lowest BCUT2D eigenvalue weighted by atomic mass is 9.94. The molecule has 1 aromatic heterocycles. The van der Waals surface area contributed by atoms with Crippen molar-refractivity contribution in [2.24, 2.45) is 17.8 Å². The number of carbonyl (C=O) groups is 3. The number of anilines is 1. The molecule has 0 radical (unpaired) electrons. The third-order valence-electron chi connectivity index (χ3n) is 8.66. The van der Waals surface area contributed by atoms with Crippen LogP contribution in [0.1, 0.15) is 42.1 Å². The summed E-state index contributed by atoms with van der Waals surface area (Å²) in [5, 5.41) is 0.662. The van der Waals surface area contributed by atoms with E-state index in [0.717, 1.165) is 50.4 Å². The summed E-state index contributed by atoms with van der Waals surface area (Å²) in [7, 11) is 0. The molecule has 8 nitrogen and oxygen atoms in total. The largest absolute Gasteiger partial charge is 0.343 e. The topological polar surface area (TPSA) is 77.1 Å². The fraction of sp³-hybridized carbons (Fsp3) is 0.533. The molecule has 2 atom stereocenters. The molecule has 4 heterocycles. The number of pyridine rings is 1. The molecule has 3 aliphatic rings. The van der Waals surface area contributed by atoms with Gasteiger partial charge in [-0.1, -0.05) is 17.7 Å². The summed E-state index contributed by atoms with van der Waals surface area (Å²) in [4.78, 5) is 50.5. The van der Waals surface area contributed by atoms with Gasteiger partial charge >= 0.3 is 0 Å². The lowest BCUT2D eigenvalue weighted by molar-refractivity contribution is -0.133. The van der Waals surface area contributed by atoms with Crippen LogP contribution >= 0.6 is 11.6 Å². The first-order valence-electron chi connectivity index (χ1n) is 14.0. The molecule has 0 aliphatic carbocycles. The molecule has 39 heavy (non-hydrogen) atoms. The molecule has 2 unspecified atom stereocenters. The van der Waals surface area contributed by atoms with Crippen LogP contribution in [-0.2, 0) is 9.59 Å². The van der Waals surface area contributed by atoms with E-state index in [1.165, 1.54) is 0 Å². The lowest BCUT2D eigenvalue weighted by Crippen LogP contribution is -2.44. The van der Waals surface area contributed by atoms with Gasteiger partial charge in [0.15, 0.2) is 0 Å². The number of rotatable bonds is 7. The first kappa shape index (κ1) is 27.6. The Hall–Kier alpha value is -2.97. The second kappa shape index (κ2) is 12.0. The van der Waals surface area contributed by atoms with Gasteiger partial charge in [0.2, 0.25) is 11.8 Å². The minimum atomic E-state index is -0.0873. The molecular formula is C30H38ClN5O3. The molecule has 3 fully saturated rings.